The number of rotatable bonds is 0. The molecule has 0 radical (unpaired) electrons. The van der Waals surface area contributed by atoms with Crippen molar-refractivity contribution in [2.24, 2.45) is 0 Å². The molecule has 0 aromatic carbocycles. The molecule has 7 heteroatoms. The monoisotopic (exact) mass is 226 g/mol. The first-order valence-electron chi connectivity index (χ1n) is 4.57. The predicted octanol–water partition coefficient (Wildman–Crippen LogP) is -3.84. The van der Waals surface area contributed by atoms with Crippen LogP contribution in [-0.4, -0.2) is 79.0 Å². The van der Waals surface area contributed by atoms with Crippen LogP contribution in [0.1, 0.15) is 6.92 Å². The van der Waals surface area contributed by atoms with Gasteiger partial charge in [0, 0.05) is 6.61 Å². The van der Waals surface area contributed by atoms with Gasteiger partial charge in [-0.1, -0.05) is 0 Å². The summed E-state index contributed by atoms with van der Waals surface area (Å²) in [5.74, 6) is 0. The van der Waals surface area contributed by atoms with Gasteiger partial charge in [0.25, 0.3) is 0 Å². The van der Waals surface area contributed by atoms with Gasteiger partial charge in [-0.3, -0.25) is 0 Å². The Morgan fingerprint density at radius 2 is 0.667 bits per heavy atom. The quantitative estimate of drug-likeness (QED) is 0.224. The highest BCUT2D eigenvalue weighted by molar-refractivity contribution is 4.98. The average molecular weight is 226 g/mol. The molecule has 0 aromatic heterocycles. The SMILES string of the molecule is CCO.O[C@H]1[C@H](O)[C@@H](O)[C@H](O)[C@@H](O)[C@@H]1O. The summed E-state index contributed by atoms with van der Waals surface area (Å²) in [5.41, 5.74) is 0. The summed E-state index contributed by atoms with van der Waals surface area (Å²) in [5, 5.41) is 61.4. The number of aliphatic hydroxyl groups excluding tert-OH is 7. The summed E-state index contributed by atoms with van der Waals surface area (Å²) in [6, 6.07) is 0. The molecule has 0 spiro atoms. The molecule has 1 rings (SSSR count). The van der Waals surface area contributed by atoms with Gasteiger partial charge in [0.2, 0.25) is 0 Å². The lowest BCUT2D eigenvalue weighted by molar-refractivity contribution is -0.223. The second-order valence-electron chi connectivity index (χ2n) is 3.26. The van der Waals surface area contributed by atoms with Gasteiger partial charge in [0.05, 0.1) is 0 Å². The summed E-state index contributed by atoms with van der Waals surface area (Å²) in [7, 11) is 0. The van der Waals surface area contributed by atoms with E-state index < -0.39 is 36.6 Å². The second kappa shape index (κ2) is 6.33. The molecule has 0 aromatic rings. The van der Waals surface area contributed by atoms with Gasteiger partial charge in [-0.15, -0.1) is 0 Å². The molecular weight excluding hydrogens is 208 g/mol. The Hall–Kier alpha value is -0.280. The lowest BCUT2D eigenvalue weighted by atomic mass is 9.85. The lowest BCUT2D eigenvalue weighted by Crippen LogP contribution is -2.63. The fourth-order valence-corrected chi connectivity index (χ4v) is 1.21. The van der Waals surface area contributed by atoms with Crippen molar-refractivity contribution in [3.63, 3.8) is 0 Å². The highest BCUT2D eigenvalue weighted by Gasteiger charge is 2.47. The molecule has 0 bridgehead atoms. The van der Waals surface area contributed by atoms with E-state index in [2.05, 4.69) is 0 Å². The molecule has 15 heavy (non-hydrogen) atoms. The van der Waals surface area contributed by atoms with Gasteiger partial charge in [0.15, 0.2) is 0 Å². The van der Waals surface area contributed by atoms with Crippen molar-refractivity contribution in [1.29, 1.82) is 0 Å². The second-order valence-corrected chi connectivity index (χ2v) is 3.26. The maximum absolute atomic E-state index is 8.97. The zero-order chi connectivity index (χ0) is 12.2. The largest absolute Gasteiger partial charge is 0.397 e. The Morgan fingerprint density at radius 1 is 0.600 bits per heavy atom. The van der Waals surface area contributed by atoms with Gasteiger partial charge in [-0.2, -0.15) is 0 Å². The molecule has 7 nitrogen and oxygen atoms in total. The minimum absolute atomic E-state index is 0.250. The molecule has 0 atom stereocenters. The van der Waals surface area contributed by atoms with Crippen molar-refractivity contribution in [1.82, 2.24) is 0 Å². The van der Waals surface area contributed by atoms with Crippen LogP contribution in [0.3, 0.4) is 0 Å². The van der Waals surface area contributed by atoms with Crippen LogP contribution >= 0.6 is 0 Å². The number of aliphatic hydroxyl groups is 7. The Bertz CT molecular complexity index is 118. The van der Waals surface area contributed by atoms with Crippen molar-refractivity contribution in [2.75, 3.05) is 6.61 Å². The highest BCUT2D eigenvalue weighted by atomic mass is 16.4. The summed E-state index contributed by atoms with van der Waals surface area (Å²) in [6.45, 7) is 1.93. The molecule has 1 aliphatic rings. The van der Waals surface area contributed by atoms with Crippen LogP contribution in [0, 0.1) is 0 Å². The highest BCUT2D eigenvalue weighted by Crippen LogP contribution is 2.20. The molecular formula is C8H18O7. The fourth-order valence-electron chi connectivity index (χ4n) is 1.21. The molecule has 1 saturated carbocycles. The first-order chi connectivity index (χ1) is 6.88. The van der Waals surface area contributed by atoms with Crippen LogP contribution < -0.4 is 0 Å². The van der Waals surface area contributed by atoms with E-state index in [9.17, 15) is 0 Å². The minimum atomic E-state index is -1.64. The number of hydrogen-bond acceptors (Lipinski definition) is 7. The summed E-state index contributed by atoms with van der Waals surface area (Å²) >= 11 is 0. The maximum atomic E-state index is 8.97. The predicted molar refractivity (Wildman–Crippen MR) is 48.8 cm³/mol. The van der Waals surface area contributed by atoms with Crippen LogP contribution in [0.15, 0.2) is 0 Å². The summed E-state index contributed by atoms with van der Waals surface area (Å²) < 4.78 is 0. The van der Waals surface area contributed by atoms with Gasteiger partial charge >= 0.3 is 0 Å². The van der Waals surface area contributed by atoms with E-state index in [1.807, 2.05) is 0 Å². The molecule has 0 aliphatic heterocycles. The van der Waals surface area contributed by atoms with Crippen molar-refractivity contribution < 1.29 is 35.7 Å². The zero-order valence-corrected chi connectivity index (χ0v) is 8.30. The van der Waals surface area contributed by atoms with E-state index in [1.54, 1.807) is 6.92 Å². The lowest BCUT2D eigenvalue weighted by Gasteiger charge is -2.39. The topological polar surface area (TPSA) is 142 Å². The molecule has 0 unspecified atom stereocenters. The first-order valence-corrected chi connectivity index (χ1v) is 4.57. The van der Waals surface area contributed by atoms with E-state index in [0.717, 1.165) is 0 Å². The van der Waals surface area contributed by atoms with Crippen LogP contribution in [0.5, 0.6) is 0 Å². The molecule has 1 aliphatic carbocycles. The Balaban J connectivity index is 0.000000583. The Morgan fingerprint density at radius 3 is 0.733 bits per heavy atom. The van der Waals surface area contributed by atoms with Gasteiger partial charge in [0.1, 0.15) is 36.6 Å². The molecule has 1 fully saturated rings. The summed E-state index contributed by atoms with van der Waals surface area (Å²) in [6.07, 6.45) is -9.84. The standard InChI is InChI=1S/C6H12O6.C2H6O/c7-1-2(8)4(10)6(12)5(11)3(1)9;1-2-3/h1-12H;3H,2H2,1H3/t1-,2-,3+,4+,5-,6-;. The van der Waals surface area contributed by atoms with Crippen molar-refractivity contribution >= 4 is 0 Å². The van der Waals surface area contributed by atoms with E-state index in [1.165, 1.54) is 0 Å². The van der Waals surface area contributed by atoms with Crippen molar-refractivity contribution in [3.8, 4) is 0 Å². The van der Waals surface area contributed by atoms with Crippen LogP contribution in [0.25, 0.3) is 0 Å². The molecule has 0 saturated heterocycles. The van der Waals surface area contributed by atoms with E-state index in [4.69, 9.17) is 35.7 Å². The normalized spacial score (nSPS) is 45.6. The summed E-state index contributed by atoms with van der Waals surface area (Å²) in [4.78, 5) is 0. The Labute approximate surface area is 86.9 Å². The fraction of sp³-hybridized carbons (Fsp3) is 1.00. The number of hydrogen-bond donors (Lipinski definition) is 7. The van der Waals surface area contributed by atoms with Crippen molar-refractivity contribution in [3.05, 3.63) is 0 Å². The van der Waals surface area contributed by atoms with Crippen LogP contribution in [0.4, 0.5) is 0 Å². The maximum Gasteiger partial charge on any atom is 0.111 e. The molecule has 92 valence electrons. The average Bonchev–Trinajstić information content (AvgIpc) is 2.22. The smallest absolute Gasteiger partial charge is 0.111 e. The van der Waals surface area contributed by atoms with E-state index in [0.29, 0.717) is 0 Å². The zero-order valence-electron chi connectivity index (χ0n) is 8.30. The van der Waals surface area contributed by atoms with Crippen molar-refractivity contribution in [2.45, 2.75) is 43.5 Å². The van der Waals surface area contributed by atoms with Crippen LogP contribution in [-0.2, 0) is 0 Å². The first kappa shape index (κ1) is 14.7. The van der Waals surface area contributed by atoms with Crippen LogP contribution in [0.2, 0.25) is 0 Å². The van der Waals surface area contributed by atoms with E-state index in [-0.39, 0.29) is 6.61 Å². The third-order valence-electron chi connectivity index (χ3n) is 2.10. The Kier molecular flexibility index (Phi) is 6.22. The third-order valence-corrected chi connectivity index (χ3v) is 2.10. The molecule has 0 amide bonds. The molecule has 0 heterocycles. The van der Waals surface area contributed by atoms with Gasteiger partial charge < -0.3 is 35.7 Å². The molecule has 7 N–H and O–H groups in total. The van der Waals surface area contributed by atoms with E-state index >= 15 is 0 Å². The van der Waals surface area contributed by atoms with Gasteiger partial charge in [-0.25, -0.2) is 0 Å². The van der Waals surface area contributed by atoms with Gasteiger partial charge in [-0.05, 0) is 6.92 Å². The third kappa shape index (κ3) is 3.35. The minimum Gasteiger partial charge on any atom is -0.397 e.